The molecule has 2 aliphatic heterocycles. The molecule has 6 nitrogen and oxygen atoms in total. The average Bonchev–Trinajstić information content (AvgIpc) is 3.35. The Labute approximate surface area is 208 Å². The summed E-state index contributed by atoms with van der Waals surface area (Å²) in [6.45, 7) is 7.02. The molecule has 0 radical (unpaired) electrons. The van der Waals surface area contributed by atoms with E-state index in [2.05, 4.69) is 43.0 Å². The number of piperidine rings is 1. The van der Waals surface area contributed by atoms with Crippen LogP contribution in [0.15, 0.2) is 48.5 Å². The summed E-state index contributed by atoms with van der Waals surface area (Å²) >= 11 is 0. The van der Waals surface area contributed by atoms with Gasteiger partial charge in [0.2, 0.25) is 12.7 Å². The third-order valence-corrected chi connectivity index (χ3v) is 8.03. The summed E-state index contributed by atoms with van der Waals surface area (Å²) < 4.78 is 10.9. The topological polar surface area (TPSA) is 62.2 Å². The van der Waals surface area contributed by atoms with Crippen molar-refractivity contribution in [2.45, 2.75) is 57.6 Å². The summed E-state index contributed by atoms with van der Waals surface area (Å²) in [4.78, 5) is 17.8. The molecule has 5 rings (SSSR count). The number of carbonyl (C=O) groups is 1. The van der Waals surface area contributed by atoms with E-state index in [0.29, 0.717) is 18.7 Å². The van der Waals surface area contributed by atoms with Gasteiger partial charge in [0.15, 0.2) is 11.5 Å². The van der Waals surface area contributed by atoms with Crippen LogP contribution in [0.1, 0.15) is 63.1 Å². The number of hydrogen-bond donors (Lipinski definition) is 1. The Hall–Kier alpha value is -2.99. The van der Waals surface area contributed by atoms with Gasteiger partial charge in [-0.05, 0) is 74.6 Å². The summed E-state index contributed by atoms with van der Waals surface area (Å²) in [6, 6.07) is 14.2. The Bertz CT molecular complexity index is 1080. The molecule has 186 valence electrons. The minimum atomic E-state index is -0.696. The summed E-state index contributed by atoms with van der Waals surface area (Å²) in [5.41, 5.74) is 2.50. The van der Waals surface area contributed by atoms with Crippen LogP contribution in [-0.2, 0) is 4.79 Å². The van der Waals surface area contributed by atoms with Crippen molar-refractivity contribution in [1.29, 1.82) is 0 Å². The zero-order valence-electron chi connectivity index (χ0n) is 20.8. The van der Waals surface area contributed by atoms with Crippen LogP contribution in [-0.4, -0.2) is 47.9 Å². The molecule has 1 N–H and O–H groups in total. The number of ether oxygens (including phenoxy) is 2. The van der Waals surface area contributed by atoms with Gasteiger partial charge < -0.3 is 24.4 Å². The fourth-order valence-corrected chi connectivity index (χ4v) is 6.09. The third kappa shape index (κ3) is 4.64. The Balaban J connectivity index is 1.42. The largest absolute Gasteiger partial charge is 0.454 e. The number of carbonyl (C=O) groups excluding carboxylic acids is 1. The molecular formula is C29H36N2O4. The Morgan fingerprint density at radius 3 is 2.63 bits per heavy atom. The maximum Gasteiger partial charge on any atom is 0.247 e. The summed E-state index contributed by atoms with van der Waals surface area (Å²) in [5.74, 6) is 1.46. The normalized spacial score (nSPS) is 25.5. The number of rotatable bonds is 6. The molecule has 2 aromatic rings. The Morgan fingerprint density at radius 2 is 1.86 bits per heavy atom. The lowest BCUT2D eigenvalue weighted by Crippen LogP contribution is -2.56. The lowest BCUT2D eigenvalue weighted by atomic mass is 9.66. The molecule has 3 aliphatic rings. The third-order valence-electron chi connectivity index (χ3n) is 8.03. The summed E-state index contributed by atoms with van der Waals surface area (Å²) in [6.07, 6.45) is 8.04. The summed E-state index contributed by atoms with van der Waals surface area (Å²) in [5, 5.41) is 11.5. The van der Waals surface area contributed by atoms with Crippen LogP contribution < -0.4 is 14.4 Å². The van der Waals surface area contributed by atoms with Gasteiger partial charge >= 0.3 is 0 Å². The van der Waals surface area contributed by atoms with Crippen molar-refractivity contribution in [3.63, 3.8) is 0 Å². The van der Waals surface area contributed by atoms with Gasteiger partial charge in [0.25, 0.3) is 0 Å². The number of benzene rings is 2. The molecule has 1 saturated heterocycles. The number of likely N-dealkylation sites (tertiary alicyclic amines) is 1. The molecule has 0 aromatic heterocycles. The molecule has 2 heterocycles. The van der Waals surface area contributed by atoms with E-state index in [9.17, 15) is 9.90 Å². The van der Waals surface area contributed by atoms with Gasteiger partial charge in [0.1, 0.15) is 0 Å². The first kappa shape index (κ1) is 23.7. The second kappa shape index (κ2) is 9.94. The highest BCUT2D eigenvalue weighted by Gasteiger charge is 2.49. The van der Waals surface area contributed by atoms with Gasteiger partial charge in [-0.1, -0.05) is 31.0 Å². The molecule has 1 saturated carbocycles. The van der Waals surface area contributed by atoms with E-state index < -0.39 is 5.60 Å². The number of anilines is 1. The van der Waals surface area contributed by atoms with Crippen LogP contribution in [0.2, 0.25) is 0 Å². The first-order valence-electron chi connectivity index (χ1n) is 13.0. The molecule has 0 unspecified atom stereocenters. The zero-order valence-corrected chi connectivity index (χ0v) is 20.8. The molecule has 35 heavy (non-hydrogen) atoms. The molecule has 0 bridgehead atoms. The molecule has 2 aromatic carbocycles. The van der Waals surface area contributed by atoms with Crippen molar-refractivity contribution in [1.82, 2.24) is 4.90 Å². The van der Waals surface area contributed by atoms with Crippen molar-refractivity contribution in [3.8, 4) is 11.5 Å². The zero-order chi connectivity index (χ0) is 24.4. The highest BCUT2D eigenvalue weighted by molar-refractivity contribution is 5.92. The predicted molar refractivity (Wildman–Crippen MR) is 138 cm³/mol. The Morgan fingerprint density at radius 1 is 1.09 bits per heavy atom. The van der Waals surface area contributed by atoms with E-state index in [1.54, 1.807) is 6.08 Å². The minimum absolute atomic E-state index is 0.0203. The maximum absolute atomic E-state index is 13.5. The number of nitrogens with zero attached hydrogens (tertiary/aromatic N) is 2. The standard InChI is InChI=1S/C29H36N2O4/c1-3-30(4-2)23-12-10-22(11-13-23)28-24-7-5-6-16-29(24,33)17-18-31(28)27(32)15-9-21-8-14-25-26(19-21)35-20-34-25/h8-15,19,24,28,33H,3-7,16-18,20H2,1-2H3/b15-9+/t24-,28-,29+/m0/s1. The van der Waals surface area contributed by atoms with Gasteiger partial charge in [-0.2, -0.15) is 0 Å². The molecule has 1 aliphatic carbocycles. The highest BCUT2D eigenvalue weighted by Crippen LogP contribution is 2.49. The van der Waals surface area contributed by atoms with Crippen molar-refractivity contribution in [3.05, 3.63) is 59.7 Å². The monoisotopic (exact) mass is 476 g/mol. The summed E-state index contributed by atoms with van der Waals surface area (Å²) in [7, 11) is 0. The Kier molecular flexibility index (Phi) is 6.74. The average molecular weight is 477 g/mol. The van der Waals surface area contributed by atoms with Crippen LogP contribution >= 0.6 is 0 Å². The van der Waals surface area contributed by atoms with Crippen LogP contribution in [0.3, 0.4) is 0 Å². The quantitative estimate of drug-likeness (QED) is 0.583. The molecule has 1 amide bonds. The number of aliphatic hydroxyl groups is 1. The fourth-order valence-electron chi connectivity index (χ4n) is 6.09. The molecular weight excluding hydrogens is 440 g/mol. The lowest BCUT2D eigenvalue weighted by molar-refractivity contribution is -0.150. The predicted octanol–water partition coefficient (Wildman–Crippen LogP) is 5.17. The molecule has 3 atom stereocenters. The van der Waals surface area contributed by atoms with Gasteiger partial charge in [0.05, 0.1) is 11.6 Å². The second-order valence-corrected chi connectivity index (χ2v) is 9.89. The van der Waals surface area contributed by atoms with Crippen LogP contribution in [0, 0.1) is 5.92 Å². The molecule has 2 fully saturated rings. The molecule has 0 spiro atoms. The van der Waals surface area contributed by atoms with Crippen molar-refractivity contribution >= 4 is 17.7 Å². The second-order valence-electron chi connectivity index (χ2n) is 9.89. The van der Waals surface area contributed by atoms with Gasteiger partial charge in [-0.25, -0.2) is 0 Å². The van der Waals surface area contributed by atoms with Gasteiger partial charge in [-0.3, -0.25) is 4.79 Å². The fraction of sp³-hybridized carbons (Fsp3) is 0.483. The minimum Gasteiger partial charge on any atom is -0.454 e. The SMILES string of the molecule is CCN(CC)c1ccc([C@H]2[C@@H]3CCCC[C@@]3(O)CCN2C(=O)/C=C/c2ccc3c(c2)OCO3)cc1. The van der Waals surface area contributed by atoms with Gasteiger partial charge in [-0.15, -0.1) is 0 Å². The highest BCUT2D eigenvalue weighted by atomic mass is 16.7. The van der Waals surface area contributed by atoms with Crippen LogP contribution in [0.5, 0.6) is 11.5 Å². The van der Waals surface area contributed by atoms with Crippen LogP contribution in [0.25, 0.3) is 6.08 Å². The van der Waals surface area contributed by atoms with Crippen molar-refractivity contribution in [2.24, 2.45) is 5.92 Å². The molecule has 6 heteroatoms. The van der Waals surface area contributed by atoms with E-state index in [-0.39, 0.29) is 24.7 Å². The van der Waals surface area contributed by atoms with Gasteiger partial charge in [0, 0.05) is 37.3 Å². The number of amides is 1. The first-order chi connectivity index (χ1) is 17.0. The van der Waals surface area contributed by atoms with E-state index in [1.807, 2.05) is 29.2 Å². The maximum atomic E-state index is 13.5. The van der Waals surface area contributed by atoms with E-state index in [0.717, 1.165) is 55.6 Å². The van der Waals surface area contributed by atoms with Crippen molar-refractivity contribution in [2.75, 3.05) is 31.3 Å². The smallest absolute Gasteiger partial charge is 0.247 e. The van der Waals surface area contributed by atoms with Crippen LogP contribution in [0.4, 0.5) is 5.69 Å². The van der Waals surface area contributed by atoms with E-state index in [1.165, 1.54) is 5.69 Å². The number of fused-ring (bicyclic) bond motifs is 2. The lowest BCUT2D eigenvalue weighted by Gasteiger charge is -2.52. The van der Waals surface area contributed by atoms with E-state index in [4.69, 9.17) is 9.47 Å². The van der Waals surface area contributed by atoms with E-state index >= 15 is 0 Å². The number of hydrogen-bond acceptors (Lipinski definition) is 5. The first-order valence-corrected chi connectivity index (χ1v) is 13.0. The van der Waals surface area contributed by atoms with Crippen molar-refractivity contribution < 1.29 is 19.4 Å².